The number of benzene rings is 1. The summed E-state index contributed by atoms with van der Waals surface area (Å²) < 4.78 is 65.9. The lowest BCUT2D eigenvalue weighted by atomic mass is 9.79. The van der Waals surface area contributed by atoms with Crippen LogP contribution in [0.4, 0.5) is 13.2 Å². The molecular formula is C11H11ClF3NO2S. The second-order valence-electron chi connectivity index (χ2n) is 4.57. The van der Waals surface area contributed by atoms with E-state index >= 15 is 0 Å². The van der Waals surface area contributed by atoms with Gasteiger partial charge in [-0.25, -0.2) is 26.3 Å². The molecule has 0 spiro atoms. The fourth-order valence-corrected chi connectivity index (χ4v) is 3.98. The molecule has 8 heteroatoms. The average Bonchev–Trinajstić information content (AvgIpc) is 2.21. The zero-order valence-electron chi connectivity index (χ0n) is 9.72. The van der Waals surface area contributed by atoms with Crippen molar-refractivity contribution < 1.29 is 21.6 Å². The van der Waals surface area contributed by atoms with Gasteiger partial charge in [0.1, 0.15) is 17.5 Å². The Morgan fingerprint density at radius 3 is 2.11 bits per heavy atom. The highest BCUT2D eigenvalue weighted by molar-refractivity contribution is 7.89. The van der Waals surface area contributed by atoms with Gasteiger partial charge in [-0.3, -0.25) is 0 Å². The number of halogens is 4. The quantitative estimate of drug-likeness (QED) is 0.868. The molecule has 0 atom stereocenters. The van der Waals surface area contributed by atoms with Gasteiger partial charge in [0.05, 0.1) is 0 Å². The highest BCUT2D eigenvalue weighted by Crippen LogP contribution is 2.35. The Kier molecular flexibility index (Phi) is 3.81. The second kappa shape index (κ2) is 4.96. The molecule has 1 aromatic rings. The molecule has 0 bridgehead atoms. The molecular weight excluding hydrogens is 303 g/mol. The van der Waals surface area contributed by atoms with E-state index in [1.54, 1.807) is 0 Å². The van der Waals surface area contributed by atoms with Crippen molar-refractivity contribution in [1.29, 1.82) is 0 Å². The standard InChI is InChI=1S/C11H11ClF3NO2S/c12-6-11(2-1-3-11)16-19(17,18)10-8(14)4-7(13)5-9(10)15/h4-5,16H,1-3,6H2. The van der Waals surface area contributed by atoms with E-state index in [0.717, 1.165) is 6.42 Å². The topological polar surface area (TPSA) is 46.2 Å². The van der Waals surface area contributed by atoms with Crippen LogP contribution in [0.25, 0.3) is 0 Å². The summed E-state index contributed by atoms with van der Waals surface area (Å²) in [5.41, 5.74) is -0.867. The Morgan fingerprint density at radius 2 is 1.74 bits per heavy atom. The van der Waals surface area contributed by atoms with Gasteiger partial charge in [-0.05, 0) is 19.3 Å². The predicted molar refractivity (Wildman–Crippen MR) is 63.9 cm³/mol. The number of nitrogens with one attached hydrogen (secondary N) is 1. The van der Waals surface area contributed by atoms with Crippen molar-refractivity contribution in [2.24, 2.45) is 0 Å². The first-order valence-electron chi connectivity index (χ1n) is 5.54. The third-order valence-electron chi connectivity index (χ3n) is 3.15. The maximum absolute atomic E-state index is 13.5. The Balaban J connectivity index is 2.40. The molecule has 0 heterocycles. The summed E-state index contributed by atoms with van der Waals surface area (Å²) >= 11 is 5.68. The minimum Gasteiger partial charge on any atom is -0.207 e. The fourth-order valence-electron chi connectivity index (χ4n) is 1.99. The molecule has 0 saturated heterocycles. The number of alkyl halides is 1. The molecule has 1 aromatic carbocycles. The van der Waals surface area contributed by atoms with E-state index in [0.29, 0.717) is 25.0 Å². The molecule has 3 nitrogen and oxygen atoms in total. The maximum Gasteiger partial charge on any atom is 0.246 e. The molecule has 1 aliphatic rings. The molecule has 0 aromatic heterocycles. The molecule has 0 aliphatic heterocycles. The van der Waals surface area contributed by atoms with Gasteiger partial charge in [0.15, 0.2) is 4.90 Å². The summed E-state index contributed by atoms with van der Waals surface area (Å²) in [6, 6.07) is 0.650. The first-order chi connectivity index (χ1) is 8.80. The zero-order valence-corrected chi connectivity index (χ0v) is 11.3. The highest BCUT2D eigenvalue weighted by atomic mass is 35.5. The summed E-state index contributed by atoms with van der Waals surface area (Å²) in [4.78, 5) is -1.18. The van der Waals surface area contributed by atoms with Gasteiger partial charge < -0.3 is 0 Å². The van der Waals surface area contributed by atoms with E-state index in [-0.39, 0.29) is 5.88 Å². The lowest BCUT2D eigenvalue weighted by molar-refractivity contribution is 0.251. The third-order valence-corrected chi connectivity index (χ3v) is 5.29. The Morgan fingerprint density at radius 1 is 1.21 bits per heavy atom. The van der Waals surface area contributed by atoms with E-state index in [9.17, 15) is 21.6 Å². The van der Waals surface area contributed by atoms with Gasteiger partial charge in [0.2, 0.25) is 10.0 Å². The van der Waals surface area contributed by atoms with Gasteiger partial charge in [-0.1, -0.05) is 0 Å². The van der Waals surface area contributed by atoms with Crippen LogP contribution >= 0.6 is 11.6 Å². The van der Waals surface area contributed by atoms with Crippen LogP contribution in [0.2, 0.25) is 0 Å². The minimum absolute atomic E-state index is 0.0106. The number of hydrogen-bond acceptors (Lipinski definition) is 2. The van der Waals surface area contributed by atoms with Crippen molar-refractivity contribution in [2.45, 2.75) is 29.7 Å². The van der Waals surface area contributed by atoms with Crippen LogP contribution in [0.1, 0.15) is 19.3 Å². The summed E-state index contributed by atoms with van der Waals surface area (Å²) in [6.45, 7) is 0. The first-order valence-corrected chi connectivity index (χ1v) is 7.56. The second-order valence-corrected chi connectivity index (χ2v) is 6.46. The van der Waals surface area contributed by atoms with Crippen LogP contribution in [-0.4, -0.2) is 19.8 Å². The predicted octanol–water partition coefficient (Wildman–Crippen LogP) is 2.54. The molecule has 19 heavy (non-hydrogen) atoms. The molecule has 0 unspecified atom stereocenters. The van der Waals surface area contributed by atoms with Crippen molar-refractivity contribution in [3.8, 4) is 0 Å². The fraction of sp³-hybridized carbons (Fsp3) is 0.455. The Bertz CT molecular complexity index is 573. The SMILES string of the molecule is O=S(=O)(NC1(CCl)CCC1)c1c(F)cc(F)cc1F. The van der Waals surface area contributed by atoms with Gasteiger partial charge in [0.25, 0.3) is 0 Å². The molecule has 0 radical (unpaired) electrons. The maximum atomic E-state index is 13.5. The van der Waals surface area contributed by atoms with Crippen LogP contribution in [0.5, 0.6) is 0 Å². The van der Waals surface area contributed by atoms with Gasteiger partial charge in [-0.2, -0.15) is 0 Å². The molecule has 106 valence electrons. The molecule has 1 aliphatic carbocycles. The van der Waals surface area contributed by atoms with E-state index in [1.807, 2.05) is 0 Å². The van der Waals surface area contributed by atoms with E-state index < -0.39 is 37.9 Å². The molecule has 1 fully saturated rings. The molecule has 0 amide bonds. The lowest BCUT2D eigenvalue weighted by Gasteiger charge is -2.40. The van der Waals surface area contributed by atoms with Crippen LogP contribution < -0.4 is 4.72 Å². The van der Waals surface area contributed by atoms with E-state index in [1.165, 1.54) is 0 Å². The molecule has 1 N–H and O–H groups in total. The summed E-state index contributed by atoms with van der Waals surface area (Å²) in [6.07, 6.45) is 1.78. The number of rotatable bonds is 4. The first kappa shape index (κ1) is 14.6. The van der Waals surface area contributed by atoms with Crippen LogP contribution in [-0.2, 0) is 10.0 Å². The largest absolute Gasteiger partial charge is 0.246 e. The van der Waals surface area contributed by atoms with Crippen molar-refractivity contribution in [3.63, 3.8) is 0 Å². The van der Waals surface area contributed by atoms with Crippen molar-refractivity contribution >= 4 is 21.6 Å². The summed E-state index contributed by atoms with van der Waals surface area (Å²) in [5.74, 6) is -4.09. The minimum atomic E-state index is -4.42. The van der Waals surface area contributed by atoms with Crippen LogP contribution in [0.3, 0.4) is 0 Å². The number of sulfonamides is 1. The zero-order chi connectivity index (χ0) is 14.3. The van der Waals surface area contributed by atoms with Gasteiger partial charge in [-0.15, -0.1) is 11.6 Å². The van der Waals surface area contributed by atoms with Gasteiger partial charge >= 0.3 is 0 Å². The Hall–Kier alpha value is -0.790. The van der Waals surface area contributed by atoms with E-state index in [4.69, 9.17) is 11.6 Å². The van der Waals surface area contributed by atoms with E-state index in [2.05, 4.69) is 4.72 Å². The van der Waals surface area contributed by atoms with Crippen molar-refractivity contribution in [3.05, 3.63) is 29.6 Å². The third kappa shape index (κ3) is 2.73. The number of hydrogen-bond donors (Lipinski definition) is 1. The molecule has 1 saturated carbocycles. The average molecular weight is 314 g/mol. The lowest BCUT2D eigenvalue weighted by Crippen LogP contribution is -2.55. The Labute approximate surface area is 113 Å². The highest BCUT2D eigenvalue weighted by Gasteiger charge is 2.41. The van der Waals surface area contributed by atoms with Crippen molar-refractivity contribution in [1.82, 2.24) is 4.72 Å². The summed E-state index contributed by atoms with van der Waals surface area (Å²) in [7, 11) is -4.42. The smallest absolute Gasteiger partial charge is 0.207 e. The van der Waals surface area contributed by atoms with Crippen molar-refractivity contribution in [2.75, 3.05) is 5.88 Å². The monoisotopic (exact) mass is 313 g/mol. The van der Waals surface area contributed by atoms with Crippen LogP contribution in [0, 0.1) is 17.5 Å². The summed E-state index contributed by atoms with van der Waals surface area (Å²) in [5, 5.41) is 0. The molecule has 2 rings (SSSR count). The van der Waals surface area contributed by atoms with Gasteiger partial charge in [0, 0.05) is 23.6 Å². The van der Waals surface area contributed by atoms with Crippen LogP contribution in [0.15, 0.2) is 17.0 Å². The normalized spacial score (nSPS) is 18.1.